The van der Waals surface area contributed by atoms with Gasteiger partial charge in [-0.1, -0.05) is 34.1 Å². The molecule has 1 fully saturated rings. The average Bonchev–Trinajstić information content (AvgIpc) is 3.50. The zero-order valence-corrected chi connectivity index (χ0v) is 21.6. The number of anilines is 1. The molecule has 2 aromatic carbocycles. The molecule has 8 heteroatoms. The fourth-order valence-electron chi connectivity index (χ4n) is 4.53. The summed E-state index contributed by atoms with van der Waals surface area (Å²) in [5.41, 5.74) is 5.15. The van der Waals surface area contributed by atoms with Crippen LogP contribution >= 0.6 is 28.1 Å². The average molecular weight is 547 g/mol. The van der Waals surface area contributed by atoms with Crippen molar-refractivity contribution >= 4 is 44.9 Å². The van der Waals surface area contributed by atoms with Crippen molar-refractivity contribution in [2.24, 2.45) is 0 Å². The molecule has 1 aliphatic heterocycles. The normalized spacial score (nSPS) is 17.3. The number of carbonyl (C=O) groups is 1. The van der Waals surface area contributed by atoms with Crippen molar-refractivity contribution in [2.45, 2.75) is 19.0 Å². The number of nitrogens with one attached hydrogen (secondary N) is 1. The lowest BCUT2D eigenvalue weighted by Crippen LogP contribution is -2.30. The number of esters is 1. The highest BCUT2D eigenvalue weighted by Crippen LogP contribution is 2.43. The van der Waals surface area contributed by atoms with Crippen LogP contribution in [0.25, 0.3) is 5.69 Å². The predicted octanol–water partition coefficient (Wildman–Crippen LogP) is 5.91. The molecule has 0 unspecified atom stereocenters. The van der Waals surface area contributed by atoms with Crippen molar-refractivity contribution in [3.63, 3.8) is 0 Å². The molecule has 2 aromatic heterocycles. The van der Waals surface area contributed by atoms with E-state index < -0.39 is 0 Å². The summed E-state index contributed by atoms with van der Waals surface area (Å²) in [5.74, 6) is -0.387. The standard InChI is InChI=1S/C27H23BrN4O2S/c1-17-16-18(12-13-20(17)28)32-25(24(30-27(32)35)21-9-5-6-14-29-21)23-11-7-15-31(23)22-10-4-3-8-19(22)26(33)34-2/h3-16,24-25H,1-2H3,(H,30,35)/t24-,25+/m1/s1. The van der Waals surface area contributed by atoms with Gasteiger partial charge < -0.3 is 19.5 Å². The molecule has 5 rings (SSSR count). The summed E-state index contributed by atoms with van der Waals surface area (Å²) in [6.45, 7) is 2.06. The molecule has 6 nitrogen and oxygen atoms in total. The lowest BCUT2D eigenvalue weighted by Gasteiger charge is -2.29. The summed E-state index contributed by atoms with van der Waals surface area (Å²) in [5, 5.41) is 4.11. The second-order valence-electron chi connectivity index (χ2n) is 8.24. The lowest BCUT2D eigenvalue weighted by atomic mass is 10.00. The Bertz CT molecular complexity index is 1410. The Balaban J connectivity index is 1.70. The minimum atomic E-state index is -0.387. The number of aryl methyl sites for hydroxylation is 1. The van der Waals surface area contributed by atoms with Gasteiger partial charge in [-0.25, -0.2) is 4.79 Å². The number of aromatic nitrogens is 2. The molecule has 0 bridgehead atoms. The van der Waals surface area contributed by atoms with Gasteiger partial charge in [-0.3, -0.25) is 4.98 Å². The molecule has 4 aromatic rings. The Morgan fingerprint density at radius 2 is 1.89 bits per heavy atom. The van der Waals surface area contributed by atoms with Crippen molar-refractivity contribution in [1.82, 2.24) is 14.9 Å². The molecule has 1 saturated heterocycles. The number of hydrogen-bond acceptors (Lipinski definition) is 4. The van der Waals surface area contributed by atoms with E-state index >= 15 is 0 Å². The van der Waals surface area contributed by atoms with Crippen molar-refractivity contribution in [2.75, 3.05) is 12.0 Å². The minimum Gasteiger partial charge on any atom is -0.465 e. The zero-order chi connectivity index (χ0) is 24.5. The maximum Gasteiger partial charge on any atom is 0.339 e. The van der Waals surface area contributed by atoms with Crippen LogP contribution in [0.3, 0.4) is 0 Å². The summed E-state index contributed by atoms with van der Waals surface area (Å²) in [6, 6.07) is 23.1. The van der Waals surface area contributed by atoms with E-state index in [0.717, 1.165) is 32.8 Å². The molecule has 0 aliphatic carbocycles. The lowest BCUT2D eigenvalue weighted by molar-refractivity contribution is 0.0600. The second-order valence-corrected chi connectivity index (χ2v) is 9.48. The number of methoxy groups -OCH3 is 1. The number of halogens is 1. The third-order valence-electron chi connectivity index (χ3n) is 6.17. The molecule has 0 radical (unpaired) electrons. The number of ether oxygens (including phenoxy) is 1. The third-order valence-corrected chi connectivity index (χ3v) is 7.37. The van der Waals surface area contributed by atoms with Crippen LogP contribution in [0.2, 0.25) is 0 Å². The first kappa shape index (κ1) is 23.3. The monoisotopic (exact) mass is 546 g/mol. The number of hydrogen-bond donors (Lipinski definition) is 1. The van der Waals surface area contributed by atoms with Crippen molar-refractivity contribution in [3.8, 4) is 5.69 Å². The number of carbonyl (C=O) groups excluding carboxylic acids is 1. The number of nitrogens with zero attached hydrogens (tertiary/aromatic N) is 3. The molecular formula is C27H23BrN4O2S. The largest absolute Gasteiger partial charge is 0.465 e. The Morgan fingerprint density at radius 3 is 2.63 bits per heavy atom. The maximum atomic E-state index is 12.6. The van der Waals surface area contributed by atoms with Crippen molar-refractivity contribution in [1.29, 1.82) is 0 Å². The molecule has 1 aliphatic rings. The first-order chi connectivity index (χ1) is 17.0. The van der Waals surface area contributed by atoms with Crippen LogP contribution in [0.4, 0.5) is 5.69 Å². The van der Waals surface area contributed by atoms with Gasteiger partial charge in [0.25, 0.3) is 0 Å². The predicted molar refractivity (Wildman–Crippen MR) is 144 cm³/mol. The van der Waals surface area contributed by atoms with Gasteiger partial charge >= 0.3 is 5.97 Å². The van der Waals surface area contributed by atoms with Gasteiger partial charge in [0.2, 0.25) is 0 Å². The molecule has 0 spiro atoms. The van der Waals surface area contributed by atoms with Crippen LogP contribution in [0.15, 0.2) is 89.7 Å². The summed E-state index contributed by atoms with van der Waals surface area (Å²) in [7, 11) is 1.39. The van der Waals surface area contributed by atoms with Crippen molar-refractivity contribution < 1.29 is 9.53 Å². The highest BCUT2D eigenvalue weighted by molar-refractivity contribution is 9.10. The Hall–Kier alpha value is -3.49. The van der Waals surface area contributed by atoms with Crippen LogP contribution in [0.1, 0.15) is 39.4 Å². The second kappa shape index (κ2) is 9.64. The Labute approximate surface area is 217 Å². The van der Waals surface area contributed by atoms with Crippen molar-refractivity contribution in [3.05, 3.63) is 112 Å². The van der Waals surface area contributed by atoms with Gasteiger partial charge in [0.15, 0.2) is 5.11 Å². The topological polar surface area (TPSA) is 59.4 Å². The highest BCUT2D eigenvalue weighted by Gasteiger charge is 2.42. The fourth-order valence-corrected chi connectivity index (χ4v) is 5.13. The maximum absolute atomic E-state index is 12.6. The van der Waals surface area contributed by atoms with E-state index in [-0.39, 0.29) is 18.1 Å². The SMILES string of the molecule is COC(=O)c1ccccc1-n1cccc1[C@H]1[C@@H](c2ccccn2)NC(=S)N1c1ccc(Br)c(C)c1. The number of para-hydroxylation sites is 1. The minimum absolute atomic E-state index is 0.202. The van der Waals surface area contributed by atoms with Crippen LogP contribution in [-0.2, 0) is 4.74 Å². The Kier molecular flexibility index (Phi) is 6.40. The van der Waals surface area contributed by atoms with Crippen LogP contribution in [-0.4, -0.2) is 27.7 Å². The molecular weight excluding hydrogens is 524 g/mol. The van der Waals surface area contributed by atoms with E-state index in [0.29, 0.717) is 10.7 Å². The number of rotatable bonds is 5. The smallest absolute Gasteiger partial charge is 0.339 e. The van der Waals surface area contributed by atoms with E-state index in [1.807, 2.05) is 59.3 Å². The molecule has 1 N–H and O–H groups in total. The molecule has 0 amide bonds. The summed E-state index contributed by atoms with van der Waals surface area (Å²) < 4.78 is 8.12. The quantitative estimate of drug-likeness (QED) is 0.248. The number of thiocarbonyl (C=S) groups is 1. The number of benzene rings is 2. The van der Waals surface area contributed by atoms with Crippen LogP contribution in [0, 0.1) is 6.92 Å². The fraction of sp³-hybridized carbons (Fsp3) is 0.148. The molecule has 0 saturated carbocycles. The number of pyridine rings is 1. The van der Waals surface area contributed by atoms with Crippen LogP contribution in [0.5, 0.6) is 0 Å². The van der Waals surface area contributed by atoms with Gasteiger partial charge in [-0.05, 0) is 79.3 Å². The summed E-state index contributed by atoms with van der Waals surface area (Å²) in [4.78, 5) is 19.3. The van der Waals surface area contributed by atoms with Gasteiger partial charge in [0, 0.05) is 28.2 Å². The first-order valence-electron chi connectivity index (χ1n) is 11.1. The van der Waals surface area contributed by atoms with Gasteiger partial charge in [-0.2, -0.15) is 0 Å². The first-order valence-corrected chi connectivity index (χ1v) is 12.3. The molecule has 35 heavy (non-hydrogen) atoms. The van der Waals surface area contributed by atoms with Gasteiger partial charge in [0.05, 0.1) is 30.1 Å². The summed E-state index contributed by atoms with van der Waals surface area (Å²) in [6.07, 6.45) is 3.74. The van der Waals surface area contributed by atoms with E-state index in [9.17, 15) is 4.79 Å². The summed E-state index contributed by atoms with van der Waals surface area (Å²) >= 11 is 9.47. The van der Waals surface area contributed by atoms with Crippen LogP contribution < -0.4 is 10.2 Å². The molecule has 176 valence electrons. The van der Waals surface area contributed by atoms with Gasteiger partial charge in [0.1, 0.15) is 6.04 Å². The molecule has 2 atom stereocenters. The van der Waals surface area contributed by atoms with E-state index in [1.165, 1.54) is 7.11 Å². The van der Waals surface area contributed by atoms with Gasteiger partial charge in [-0.15, -0.1) is 0 Å². The highest BCUT2D eigenvalue weighted by atomic mass is 79.9. The van der Waals surface area contributed by atoms with E-state index in [1.54, 1.807) is 12.3 Å². The zero-order valence-electron chi connectivity index (χ0n) is 19.2. The Morgan fingerprint density at radius 1 is 1.09 bits per heavy atom. The van der Waals surface area contributed by atoms with E-state index in [2.05, 4.69) is 56.3 Å². The third kappa shape index (κ3) is 4.24. The molecule has 3 heterocycles. The van der Waals surface area contributed by atoms with E-state index in [4.69, 9.17) is 17.0 Å².